The van der Waals surface area contributed by atoms with Gasteiger partial charge < -0.3 is 10.3 Å². The summed E-state index contributed by atoms with van der Waals surface area (Å²) >= 11 is 0. The molecule has 3 aromatic carbocycles. The van der Waals surface area contributed by atoms with Crippen LogP contribution in [0.4, 0.5) is 13.2 Å². The van der Waals surface area contributed by atoms with Crippen LogP contribution in [0.5, 0.6) is 0 Å². The van der Waals surface area contributed by atoms with Gasteiger partial charge in [0.2, 0.25) is 5.91 Å². The second kappa shape index (κ2) is 7.52. The summed E-state index contributed by atoms with van der Waals surface area (Å²) in [5, 5.41) is 1.48. The Balaban J connectivity index is 2.02. The summed E-state index contributed by atoms with van der Waals surface area (Å²) in [6.07, 6.45) is -2.63. The fourth-order valence-electron chi connectivity index (χ4n) is 4.11. The van der Waals surface area contributed by atoms with Gasteiger partial charge in [-0.05, 0) is 41.8 Å². The van der Waals surface area contributed by atoms with Crippen molar-refractivity contribution in [2.24, 2.45) is 5.73 Å². The molecule has 4 rings (SSSR count). The largest absolute Gasteiger partial charge is 0.416 e. The van der Waals surface area contributed by atoms with Crippen LogP contribution in [-0.2, 0) is 19.1 Å². The molecular formula is C24H21F3N2O. The minimum absolute atomic E-state index is 0.0352. The molecule has 154 valence electrons. The highest BCUT2D eigenvalue weighted by Gasteiger charge is 2.33. The van der Waals surface area contributed by atoms with Crippen molar-refractivity contribution >= 4 is 27.7 Å². The summed E-state index contributed by atoms with van der Waals surface area (Å²) in [5.41, 5.74) is 8.05. The number of aryl methyl sites for hydroxylation is 1. The molecule has 0 aliphatic heterocycles. The van der Waals surface area contributed by atoms with Crippen LogP contribution in [0.3, 0.4) is 0 Å². The number of rotatable bonds is 5. The third-order valence-electron chi connectivity index (χ3n) is 5.41. The lowest BCUT2D eigenvalue weighted by molar-refractivity contribution is -0.138. The number of carbonyl (C=O) groups excluding carboxylic acids is 1. The monoisotopic (exact) mass is 410 g/mol. The maximum atomic E-state index is 13.6. The predicted molar refractivity (Wildman–Crippen MR) is 113 cm³/mol. The first-order valence-electron chi connectivity index (χ1n) is 9.80. The minimum Gasteiger partial charge on any atom is -0.366 e. The van der Waals surface area contributed by atoms with Gasteiger partial charge in [0.15, 0.2) is 0 Å². The van der Waals surface area contributed by atoms with E-state index in [4.69, 9.17) is 5.73 Å². The molecule has 4 aromatic rings. The van der Waals surface area contributed by atoms with Crippen LogP contribution in [0.2, 0.25) is 0 Å². The van der Waals surface area contributed by atoms with Crippen LogP contribution >= 0.6 is 0 Å². The number of nitrogens with zero attached hydrogens (tertiary/aromatic N) is 1. The molecule has 0 radical (unpaired) electrons. The Morgan fingerprint density at radius 2 is 1.77 bits per heavy atom. The summed E-state index contributed by atoms with van der Waals surface area (Å²) in [5.74, 6) is -0.562. The van der Waals surface area contributed by atoms with Crippen molar-refractivity contribution in [2.75, 3.05) is 0 Å². The smallest absolute Gasteiger partial charge is 0.366 e. The van der Waals surface area contributed by atoms with Gasteiger partial charge in [0.25, 0.3) is 0 Å². The number of primary amides is 1. The SMILES string of the molecule is CCCc1ccc2c3c(C(N)=O)cccc3n(Cc3ccccc3C(F)(F)F)c2c1. The van der Waals surface area contributed by atoms with Crippen molar-refractivity contribution in [3.63, 3.8) is 0 Å². The van der Waals surface area contributed by atoms with Gasteiger partial charge in [-0.1, -0.05) is 49.7 Å². The van der Waals surface area contributed by atoms with Gasteiger partial charge in [-0.15, -0.1) is 0 Å². The number of amides is 1. The van der Waals surface area contributed by atoms with Crippen LogP contribution in [0, 0.1) is 0 Å². The Hall–Kier alpha value is -3.28. The van der Waals surface area contributed by atoms with Gasteiger partial charge in [0.05, 0.1) is 11.1 Å². The fraction of sp³-hybridized carbons (Fsp3) is 0.208. The predicted octanol–water partition coefficient (Wildman–Crippen LogP) is 5.91. The lowest BCUT2D eigenvalue weighted by Gasteiger charge is -2.15. The summed E-state index contributed by atoms with van der Waals surface area (Å²) in [7, 11) is 0. The van der Waals surface area contributed by atoms with Crippen molar-refractivity contribution in [1.29, 1.82) is 0 Å². The molecule has 0 spiro atoms. The molecule has 1 aromatic heterocycles. The number of benzene rings is 3. The Morgan fingerprint density at radius 1 is 1.00 bits per heavy atom. The highest BCUT2D eigenvalue weighted by molar-refractivity contribution is 6.18. The lowest BCUT2D eigenvalue weighted by atomic mass is 10.0. The van der Waals surface area contributed by atoms with E-state index in [-0.39, 0.29) is 12.1 Å². The molecule has 1 heterocycles. The Bertz CT molecular complexity index is 1250. The van der Waals surface area contributed by atoms with Gasteiger partial charge in [0, 0.05) is 28.4 Å². The molecule has 0 fully saturated rings. The van der Waals surface area contributed by atoms with Crippen LogP contribution in [0.25, 0.3) is 21.8 Å². The molecule has 0 saturated carbocycles. The quantitative estimate of drug-likeness (QED) is 0.437. The number of carbonyl (C=O) groups is 1. The average Bonchev–Trinajstić information content (AvgIpc) is 3.01. The molecule has 0 saturated heterocycles. The molecule has 0 aliphatic carbocycles. The van der Waals surface area contributed by atoms with Gasteiger partial charge in [-0.2, -0.15) is 13.2 Å². The molecule has 0 aliphatic rings. The highest BCUT2D eigenvalue weighted by atomic mass is 19.4. The number of halogens is 3. The number of aromatic nitrogens is 1. The first-order chi connectivity index (χ1) is 14.3. The van der Waals surface area contributed by atoms with E-state index in [2.05, 4.69) is 6.92 Å². The van der Waals surface area contributed by atoms with E-state index in [0.717, 1.165) is 35.4 Å². The van der Waals surface area contributed by atoms with Crippen LogP contribution in [0.15, 0.2) is 60.7 Å². The van der Waals surface area contributed by atoms with Crippen LogP contribution in [0.1, 0.15) is 40.4 Å². The standard InChI is InChI=1S/C24H21F3N2O/c1-2-6-15-11-12-17-21(13-15)29(20-10-5-8-18(22(17)20)23(28)30)14-16-7-3-4-9-19(16)24(25,26)27/h3-5,7-13H,2,6,14H2,1H3,(H2,28,30). The maximum Gasteiger partial charge on any atom is 0.416 e. The molecule has 3 nitrogen and oxygen atoms in total. The van der Waals surface area contributed by atoms with Crippen molar-refractivity contribution in [3.05, 3.63) is 82.9 Å². The molecule has 0 bridgehead atoms. The van der Waals surface area contributed by atoms with Crippen LogP contribution in [-0.4, -0.2) is 10.5 Å². The van der Waals surface area contributed by atoms with Crippen molar-refractivity contribution in [1.82, 2.24) is 4.57 Å². The van der Waals surface area contributed by atoms with Crippen LogP contribution < -0.4 is 5.73 Å². The van der Waals surface area contributed by atoms with Gasteiger partial charge in [-0.25, -0.2) is 0 Å². The number of hydrogen-bond donors (Lipinski definition) is 1. The number of fused-ring (bicyclic) bond motifs is 3. The highest BCUT2D eigenvalue weighted by Crippen LogP contribution is 2.36. The summed E-state index contributed by atoms with van der Waals surface area (Å²) in [6.45, 7) is 2.11. The fourth-order valence-corrected chi connectivity index (χ4v) is 4.11. The topological polar surface area (TPSA) is 48.0 Å². The van der Waals surface area contributed by atoms with E-state index >= 15 is 0 Å². The molecule has 0 atom stereocenters. The van der Waals surface area contributed by atoms with Crippen molar-refractivity contribution < 1.29 is 18.0 Å². The Kier molecular flexibility index (Phi) is 5.02. The second-order valence-corrected chi connectivity index (χ2v) is 7.41. The van der Waals surface area contributed by atoms with Gasteiger partial charge in [0.1, 0.15) is 0 Å². The minimum atomic E-state index is -4.44. The maximum absolute atomic E-state index is 13.6. The number of nitrogens with two attached hydrogens (primary N) is 1. The molecular weight excluding hydrogens is 389 g/mol. The van der Waals surface area contributed by atoms with E-state index < -0.39 is 17.6 Å². The van der Waals surface area contributed by atoms with Crippen molar-refractivity contribution in [2.45, 2.75) is 32.5 Å². The summed E-state index contributed by atoms with van der Waals surface area (Å²) < 4.78 is 42.6. The van der Waals surface area contributed by atoms with Gasteiger partial charge >= 0.3 is 6.18 Å². The molecule has 6 heteroatoms. The normalized spacial score (nSPS) is 12.0. The summed E-state index contributed by atoms with van der Waals surface area (Å²) in [6, 6.07) is 16.7. The van der Waals surface area contributed by atoms with E-state index in [9.17, 15) is 18.0 Å². The first kappa shape index (κ1) is 20.0. The summed E-state index contributed by atoms with van der Waals surface area (Å²) in [4.78, 5) is 12.0. The lowest BCUT2D eigenvalue weighted by Crippen LogP contribution is -2.12. The molecule has 1 amide bonds. The third kappa shape index (κ3) is 3.43. The zero-order valence-corrected chi connectivity index (χ0v) is 16.5. The Labute approximate surface area is 171 Å². The number of alkyl halides is 3. The van der Waals surface area contributed by atoms with E-state index in [1.54, 1.807) is 18.2 Å². The Morgan fingerprint density at radius 3 is 2.47 bits per heavy atom. The zero-order valence-electron chi connectivity index (χ0n) is 16.5. The average molecular weight is 410 g/mol. The second-order valence-electron chi connectivity index (χ2n) is 7.41. The number of hydrogen-bond acceptors (Lipinski definition) is 1. The van der Waals surface area contributed by atoms with E-state index in [1.807, 2.05) is 28.8 Å². The van der Waals surface area contributed by atoms with Gasteiger partial charge in [-0.3, -0.25) is 4.79 Å². The molecule has 2 N–H and O–H groups in total. The molecule has 30 heavy (non-hydrogen) atoms. The van der Waals surface area contributed by atoms with E-state index in [0.29, 0.717) is 16.5 Å². The zero-order chi connectivity index (χ0) is 21.5. The van der Waals surface area contributed by atoms with E-state index in [1.165, 1.54) is 12.1 Å². The third-order valence-corrected chi connectivity index (χ3v) is 5.41. The first-order valence-corrected chi connectivity index (χ1v) is 9.80. The van der Waals surface area contributed by atoms with Crippen molar-refractivity contribution in [3.8, 4) is 0 Å². The molecule has 0 unspecified atom stereocenters.